The van der Waals surface area contributed by atoms with Gasteiger partial charge in [0.25, 0.3) is 0 Å². The van der Waals surface area contributed by atoms with Gasteiger partial charge in [-0.1, -0.05) is 12.8 Å². The average Bonchev–Trinajstić information content (AvgIpc) is 2.42. The first-order valence-corrected chi connectivity index (χ1v) is 8.40. The molecule has 1 N–H and O–H groups in total. The Morgan fingerprint density at radius 2 is 1.73 bits per heavy atom. The van der Waals surface area contributed by atoms with Gasteiger partial charge in [-0.25, -0.2) is 0 Å². The fourth-order valence-corrected chi connectivity index (χ4v) is 3.72. The summed E-state index contributed by atoms with van der Waals surface area (Å²) in [6.45, 7) is 3.76. The molecule has 0 bridgehead atoms. The summed E-state index contributed by atoms with van der Waals surface area (Å²) in [6.07, 6.45) is 1.64. The van der Waals surface area contributed by atoms with E-state index in [2.05, 4.69) is 19.2 Å². The molecule has 1 saturated heterocycles. The van der Waals surface area contributed by atoms with Crippen molar-refractivity contribution in [1.29, 1.82) is 0 Å². The van der Waals surface area contributed by atoms with Crippen molar-refractivity contribution >= 4 is 0 Å². The maximum absolute atomic E-state index is 12.3. The second-order valence-corrected chi connectivity index (χ2v) is 6.84. The fraction of sp³-hybridized carbons (Fsp3) is 1.00. The molecule has 0 spiro atoms. The van der Waals surface area contributed by atoms with E-state index < -0.39 is 12.8 Å². The summed E-state index contributed by atoms with van der Waals surface area (Å²) in [4.78, 5) is 0. The summed E-state index contributed by atoms with van der Waals surface area (Å²) >= 11 is 0. The van der Waals surface area contributed by atoms with Crippen LogP contribution in [0.3, 0.4) is 0 Å². The molecule has 1 saturated carbocycles. The summed E-state index contributed by atoms with van der Waals surface area (Å²) < 4.78 is 47.9. The van der Waals surface area contributed by atoms with Gasteiger partial charge in [0.05, 0.1) is 18.3 Å². The van der Waals surface area contributed by atoms with Gasteiger partial charge in [0, 0.05) is 12.6 Å². The molecular weight excluding hydrogens is 295 g/mol. The number of alkyl halides is 3. The van der Waals surface area contributed by atoms with Crippen molar-refractivity contribution < 1.29 is 22.6 Å². The van der Waals surface area contributed by atoms with E-state index >= 15 is 0 Å². The van der Waals surface area contributed by atoms with E-state index in [1.165, 1.54) is 0 Å². The predicted octanol–water partition coefficient (Wildman–Crippen LogP) is 3.67. The maximum Gasteiger partial charge on any atom is 0.411 e. The Kier molecular flexibility index (Phi) is 6.53. The van der Waals surface area contributed by atoms with Crippen LogP contribution >= 0.6 is 0 Å². The van der Waals surface area contributed by atoms with E-state index in [-0.39, 0.29) is 24.2 Å². The third-order valence-corrected chi connectivity index (χ3v) is 4.67. The van der Waals surface area contributed by atoms with Gasteiger partial charge >= 0.3 is 6.18 Å². The molecule has 1 aliphatic carbocycles. The van der Waals surface area contributed by atoms with Gasteiger partial charge in [0.1, 0.15) is 6.61 Å². The SMILES string of the molecule is C[C@@H]1CC(NC[C@@H]2CCCC[C@H]2OCC(F)(F)F)C[C@@H](C)O1. The largest absolute Gasteiger partial charge is 0.411 e. The van der Waals surface area contributed by atoms with Gasteiger partial charge in [-0.3, -0.25) is 0 Å². The van der Waals surface area contributed by atoms with Crippen molar-refractivity contribution in [2.24, 2.45) is 5.92 Å². The summed E-state index contributed by atoms with van der Waals surface area (Å²) in [5.41, 5.74) is 0. The first kappa shape index (κ1) is 18.0. The van der Waals surface area contributed by atoms with Crippen LogP contribution in [0.2, 0.25) is 0 Å². The van der Waals surface area contributed by atoms with E-state index in [9.17, 15) is 13.2 Å². The summed E-state index contributed by atoms with van der Waals surface area (Å²) in [7, 11) is 0. The molecule has 0 aromatic heterocycles. The van der Waals surface area contributed by atoms with E-state index in [4.69, 9.17) is 9.47 Å². The summed E-state index contributed by atoms with van der Waals surface area (Å²) in [5, 5.41) is 3.54. The van der Waals surface area contributed by atoms with Gasteiger partial charge in [0.2, 0.25) is 0 Å². The first-order valence-electron chi connectivity index (χ1n) is 8.40. The fourth-order valence-electron chi connectivity index (χ4n) is 3.72. The molecule has 4 atom stereocenters. The molecule has 2 aliphatic rings. The quantitative estimate of drug-likeness (QED) is 0.837. The van der Waals surface area contributed by atoms with Crippen molar-refractivity contribution in [3.63, 3.8) is 0 Å². The van der Waals surface area contributed by atoms with Crippen LogP contribution in [-0.4, -0.2) is 43.7 Å². The minimum absolute atomic E-state index is 0.185. The predicted molar refractivity (Wildman–Crippen MR) is 78.8 cm³/mol. The monoisotopic (exact) mass is 323 g/mol. The highest BCUT2D eigenvalue weighted by Crippen LogP contribution is 2.29. The van der Waals surface area contributed by atoms with Crippen molar-refractivity contribution in [2.75, 3.05) is 13.2 Å². The van der Waals surface area contributed by atoms with Crippen LogP contribution in [0.15, 0.2) is 0 Å². The van der Waals surface area contributed by atoms with E-state index in [0.29, 0.717) is 6.04 Å². The smallest absolute Gasteiger partial charge is 0.375 e. The van der Waals surface area contributed by atoms with Gasteiger partial charge in [0.15, 0.2) is 0 Å². The molecule has 0 aromatic rings. The lowest BCUT2D eigenvalue weighted by atomic mass is 9.86. The number of hydrogen-bond acceptors (Lipinski definition) is 3. The van der Waals surface area contributed by atoms with Crippen molar-refractivity contribution in [3.8, 4) is 0 Å². The highest BCUT2D eigenvalue weighted by atomic mass is 19.4. The normalized spacial score (nSPS) is 37.2. The molecule has 1 heterocycles. The van der Waals surface area contributed by atoms with Crippen LogP contribution in [0.1, 0.15) is 52.4 Å². The van der Waals surface area contributed by atoms with E-state index in [1.54, 1.807) is 0 Å². The highest BCUT2D eigenvalue weighted by Gasteiger charge is 2.33. The zero-order valence-electron chi connectivity index (χ0n) is 13.5. The Morgan fingerprint density at radius 3 is 2.36 bits per heavy atom. The van der Waals surface area contributed by atoms with Crippen LogP contribution in [0.4, 0.5) is 13.2 Å². The Morgan fingerprint density at radius 1 is 1.09 bits per heavy atom. The zero-order valence-corrected chi connectivity index (χ0v) is 13.5. The van der Waals surface area contributed by atoms with Crippen LogP contribution in [0.5, 0.6) is 0 Å². The number of ether oxygens (including phenoxy) is 2. The van der Waals surface area contributed by atoms with Gasteiger partial charge in [-0.05, 0) is 45.4 Å². The van der Waals surface area contributed by atoms with Crippen LogP contribution in [0.25, 0.3) is 0 Å². The van der Waals surface area contributed by atoms with Crippen molar-refractivity contribution in [3.05, 3.63) is 0 Å². The Labute approximate surface area is 130 Å². The third kappa shape index (κ3) is 6.05. The number of hydrogen-bond donors (Lipinski definition) is 1. The number of rotatable bonds is 5. The Bertz CT molecular complexity index is 328. The molecule has 0 unspecified atom stereocenters. The van der Waals surface area contributed by atoms with Gasteiger partial charge < -0.3 is 14.8 Å². The molecule has 130 valence electrons. The molecule has 1 aliphatic heterocycles. The maximum atomic E-state index is 12.3. The Hall–Kier alpha value is -0.330. The first-order chi connectivity index (χ1) is 10.3. The Balaban J connectivity index is 1.78. The summed E-state index contributed by atoms with van der Waals surface area (Å²) in [6, 6.07) is 0.393. The molecule has 3 nitrogen and oxygen atoms in total. The second-order valence-electron chi connectivity index (χ2n) is 6.84. The molecular formula is C16H28F3NO2. The zero-order chi connectivity index (χ0) is 16.2. The molecule has 0 aromatic carbocycles. The van der Waals surface area contributed by atoms with Crippen molar-refractivity contribution in [1.82, 2.24) is 5.32 Å². The third-order valence-electron chi connectivity index (χ3n) is 4.67. The lowest BCUT2D eigenvalue weighted by Crippen LogP contribution is -2.45. The van der Waals surface area contributed by atoms with Crippen LogP contribution in [0, 0.1) is 5.92 Å². The van der Waals surface area contributed by atoms with E-state index in [1.807, 2.05) is 0 Å². The molecule has 2 fully saturated rings. The molecule has 0 amide bonds. The van der Waals surface area contributed by atoms with Crippen LogP contribution < -0.4 is 5.32 Å². The topological polar surface area (TPSA) is 30.5 Å². The summed E-state index contributed by atoms with van der Waals surface area (Å²) in [5.74, 6) is 0.185. The molecule has 22 heavy (non-hydrogen) atoms. The van der Waals surface area contributed by atoms with Crippen molar-refractivity contribution in [2.45, 2.75) is 82.9 Å². The standard InChI is InChI=1S/C16H28F3NO2/c1-11-7-14(8-12(2)22-11)20-9-13-5-3-4-6-15(13)21-10-16(17,18)19/h11-15,20H,3-10H2,1-2H3/t11-,12-,13+,15-/m1/s1. The van der Waals surface area contributed by atoms with Gasteiger partial charge in [-0.15, -0.1) is 0 Å². The second kappa shape index (κ2) is 7.97. The van der Waals surface area contributed by atoms with Crippen LogP contribution in [-0.2, 0) is 9.47 Å². The molecule has 0 radical (unpaired) electrons. The lowest BCUT2D eigenvalue weighted by molar-refractivity contribution is -0.193. The minimum Gasteiger partial charge on any atom is -0.375 e. The lowest BCUT2D eigenvalue weighted by Gasteiger charge is -2.36. The number of nitrogens with one attached hydrogen (secondary N) is 1. The molecule has 6 heteroatoms. The molecule has 2 rings (SSSR count). The highest BCUT2D eigenvalue weighted by molar-refractivity contribution is 4.83. The minimum atomic E-state index is -4.24. The van der Waals surface area contributed by atoms with Gasteiger partial charge in [-0.2, -0.15) is 13.2 Å². The average molecular weight is 323 g/mol. The van der Waals surface area contributed by atoms with E-state index in [0.717, 1.165) is 45.1 Å². The number of halogens is 3.